The fourth-order valence-corrected chi connectivity index (χ4v) is 2.36. The average molecular weight is 240 g/mol. The molecule has 1 aromatic heterocycles. The monoisotopic (exact) mass is 240 g/mol. The van der Waals surface area contributed by atoms with Crippen LogP contribution < -0.4 is 5.32 Å². The van der Waals surface area contributed by atoms with Crippen LogP contribution in [0.5, 0.6) is 0 Å². The van der Waals surface area contributed by atoms with Crippen molar-refractivity contribution < 1.29 is 4.74 Å². The quantitative estimate of drug-likeness (QED) is 0.588. The smallest absolute Gasteiger partial charge is 0.131 e. The van der Waals surface area contributed by atoms with Crippen molar-refractivity contribution in [2.45, 2.75) is 33.7 Å². The first-order valence-electron chi connectivity index (χ1n) is 5.68. The van der Waals surface area contributed by atoms with Crippen molar-refractivity contribution in [2.75, 3.05) is 13.2 Å². The number of rotatable bonds is 7. The first-order chi connectivity index (χ1) is 7.69. The maximum absolute atomic E-state index is 5.40. The van der Waals surface area contributed by atoms with Crippen LogP contribution in [0.15, 0.2) is 6.58 Å². The lowest BCUT2D eigenvalue weighted by Crippen LogP contribution is -2.13. The largest absolute Gasteiger partial charge is 0.493 e. The van der Waals surface area contributed by atoms with Crippen LogP contribution in [0, 0.1) is 6.92 Å². The molecular formula is C12H20N2OS. The molecule has 16 heavy (non-hydrogen) atoms. The molecule has 0 aliphatic heterocycles. The second-order valence-electron chi connectivity index (χ2n) is 3.56. The third-order valence-corrected chi connectivity index (χ3v) is 3.31. The first kappa shape index (κ1) is 13.2. The summed E-state index contributed by atoms with van der Waals surface area (Å²) in [6.07, 6.45) is 1.14. The topological polar surface area (TPSA) is 34.1 Å². The number of nitrogens with zero attached hydrogens (tertiary/aromatic N) is 1. The van der Waals surface area contributed by atoms with Crippen LogP contribution in [0.25, 0.3) is 5.76 Å². The molecule has 0 unspecified atom stereocenters. The van der Waals surface area contributed by atoms with Gasteiger partial charge in [-0.2, -0.15) is 0 Å². The Morgan fingerprint density at radius 3 is 2.88 bits per heavy atom. The molecule has 1 N–H and O–H groups in total. The van der Waals surface area contributed by atoms with Gasteiger partial charge in [0.25, 0.3) is 0 Å². The van der Waals surface area contributed by atoms with Gasteiger partial charge < -0.3 is 10.1 Å². The summed E-state index contributed by atoms with van der Waals surface area (Å²) in [5.74, 6) is 0.735. The second-order valence-corrected chi connectivity index (χ2v) is 4.64. The van der Waals surface area contributed by atoms with E-state index in [-0.39, 0.29) is 0 Å². The van der Waals surface area contributed by atoms with Crippen molar-refractivity contribution in [3.05, 3.63) is 22.2 Å². The average Bonchev–Trinajstić information content (AvgIpc) is 2.61. The summed E-state index contributed by atoms with van der Waals surface area (Å²) < 4.78 is 5.40. The predicted molar refractivity (Wildman–Crippen MR) is 69.5 cm³/mol. The minimum absolute atomic E-state index is 0.652. The molecule has 1 heterocycles. The zero-order valence-corrected chi connectivity index (χ0v) is 11.1. The molecule has 1 aromatic rings. The van der Waals surface area contributed by atoms with E-state index in [0.29, 0.717) is 6.61 Å². The van der Waals surface area contributed by atoms with Crippen LogP contribution in [0.2, 0.25) is 0 Å². The number of aromatic nitrogens is 1. The Kier molecular flexibility index (Phi) is 5.49. The Morgan fingerprint density at radius 2 is 2.25 bits per heavy atom. The van der Waals surface area contributed by atoms with Gasteiger partial charge in [0.2, 0.25) is 0 Å². The van der Waals surface area contributed by atoms with Crippen molar-refractivity contribution in [3.63, 3.8) is 0 Å². The number of aryl methyl sites for hydroxylation is 1. The van der Waals surface area contributed by atoms with E-state index < -0.39 is 0 Å². The van der Waals surface area contributed by atoms with Crippen molar-refractivity contribution >= 4 is 17.1 Å². The molecule has 0 aromatic carbocycles. The summed E-state index contributed by atoms with van der Waals surface area (Å²) in [4.78, 5) is 5.57. The van der Waals surface area contributed by atoms with E-state index in [1.807, 2.05) is 13.8 Å². The Labute approximate surface area is 102 Å². The number of nitrogens with one attached hydrogen (secondary N) is 1. The van der Waals surface area contributed by atoms with Gasteiger partial charge in [-0.15, -0.1) is 11.3 Å². The number of ether oxygens (including phenoxy) is 1. The molecule has 0 aliphatic carbocycles. The van der Waals surface area contributed by atoms with Crippen LogP contribution in [-0.4, -0.2) is 18.1 Å². The minimum Gasteiger partial charge on any atom is -0.493 e. The van der Waals surface area contributed by atoms with E-state index in [1.54, 1.807) is 11.3 Å². The fourth-order valence-electron chi connectivity index (χ4n) is 1.40. The number of hydrogen-bond acceptors (Lipinski definition) is 4. The van der Waals surface area contributed by atoms with Crippen molar-refractivity contribution in [1.82, 2.24) is 10.3 Å². The fraction of sp³-hybridized carbons (Fsp3) is 0.583. The Morgan fingerprint density at radius 1 is 1.50 bits per heavy atom. The molecule has 0 spiro atoms. The molecule has 0 radical (unpaired) electrons. The Balaban J connectivity index is 2.62. The van der Waals surface area contributed by atoms with Crippen LogP contribution in [0.1, 0.15) is 35.8 Å². The van der Waals surface area contributed by atoms with Gasteiger partial charge in [0, 0.05) is 6.54 Å². The van der Waals surface area contributed by atoms with E-state index in [4.69, 9.17) is 4.74 Å². The third kappa shape index (κ3) is 3.61. The van der Waals surface area contributed by atoms with Crippen LogP contribution in [0.4, 0.5) is 0 Å². The highest BCUT2D eigenvalue weighted by Crippen LogP contribution is 2.25. The highest BCUT2D eigenvalue weighted by molar-refractivity contribution is 7.12. The maximum Gasteiger partial charge on any atom is 0.131 e. The van der Waals surface area contributed by atoms with Gasteiger partial charge in [-0.1, -0.05) is 13.5 Å². The molecule has 0 atom stereocenters. The van der Waals surface area contributed by atoms with Crippen molar-refractivity contribution in [2.24, 2.45) is 0 Å². The van der Waals surface area contributed by atoms with Gasteiger partial charge in [-0.25, -0.2) is 4.98 Å². The molecule has 90 valence electrons. The summed E-state index contributed by atoms with van der Waals surface area (Å²) in [6.45, 7) is 12.5. The van der Waals surface area contributed by atoms with Gasteiger partial charge in [0.1, 0.15) is 10.8 Å². The van der Waals surface area contributed by atoms with E-state index >= 15 is 0 Å². The van der Waals surface area contributed by atoms with Crippen LogP contribution in [0.3, 0.4) is 0 Å². The predicted octanol–water partition coefficient (Wildman–Crippen LogP) is 2.96. The highest BCUT2D eigenvalue weighted by atomic mass is 32.1. The van der Waals surface area contributed by atoms with Gasteiger partial charge in [-0.3, -0.25) is 0 Å². The maximum atomic E-state index is 5.40. The highest BCUT2D eigenvalue weighted by Gasteiger charge is 2.10. The van der Waals surface area contributed by atoms with E-state index in [2.05, 4.69) is 23.8 Å². The molecular weight excluding hydrogens is 220 g/mol. The second kappa shape index (κ2) is 6.66. The molecule has 1 rings (SSSR count). The van der Waals surface area contributed by atoms with Gasteiger partial charge in [-0.05, 0) is 26.8 Å². The molecule has 0 aliphatic rings. The summed E-state index contributed by atoms with van der Waals surface area (Å²) in [7, 11) is 0. The van der Waals surface area contributed by atoms with Gasteiger partial charge >= 0.3 is 0 Å². The Bertz CT molecular complexity index is 347. The number of thiazole rings is 1. The lowest BCUT2D eigenvalue weighted by Gasteiger charge is -2.03. The van der Waals surface area contributed by atoms with E-state index in [1.165, 1.54) is 0 Å². The normalized spacial score (nSPS) is 10.4. The molecule has 0 fully saturated rings. The van der Waals surface area contributed by atoms with Crippen LogP contribution >= 0.6 is 11.3 Å². The molecule has 3 nitrogen and oxygen atoms in total. The first-order valence-corrected chi connectivity index (χ1v) is 6.49. The number of hydrogen-bond donors (Lipinski definition) is 1. The molecule has 0 bridgehead atoms. The molecule has 0 saturated carbocycles. The zero-order valence-electron chi connectivity index (χ0n) is 10.3. The van der Waals surface area contributed by atoms with Gasteiger partial charge in [0.05, 0.1) is 17.2 Å². The summed E-state index contributed by atoms with van der Waals surface area (Å²) in [6, 6.07) is 0. The summed E-state index contributed by atoms with van der Waals surface area (Å²) in [5.41, 5.74) is 1.01. The van der Waals surface area contributed by atoms with Crippen LogP contribution in [-0.2, 0) is 11.3 Å². The summed E-state index contributed by atoms with van der Waals surface area (Å²) >= 11 is 1.66. The van der Waals surface area contributed by atoms with Gasteiger partial charge in [0.15, 0.2) is 0 Å². The van der Waals surface area contributed by atoms with E-state index in [9.17, 15) is 0 Å². The molecule has 0 amide bonds. The van der Waals surface area contributed by atoms with Crippen molar-refractivity contribution in [1.29, 1.82) is 0 Å². The Hall–Kier alpha value is -0.870. The molecule has 4 heteroatoms. The lowest BCUT2D eigenvalue weighted by atomic mass is 10.3. The lowest BCUT2D eigenvalue weighted by molar-refractivity contribution is 0.300. The summed E-state index contributed by atoms with van der Waals surface area (Å²) in [5, 5.41) is 4.44. The zero-order chi connectivity index (χ0) is 12.0. The SMILES string of the molecule is C=C(OCC)c1sc(CNCCC)nc1C. The minimum atomic E-state index is 0.652. The van der Waals surface area contributed by atoms with Crippen molar-refractivity contribution in [3.8, 4) is 0 Å². The standard InChI is InChI=1S/C12H20N2OS/c1-5-7-13-8-11-14-9(3)12(16-11)10(4)15-6-2/h13H,4-8H2,1-3H3. The third-order valence-electron chi connectivity index (χ3n) is 2.12. The van der Waals surface area contributed by atoms with E-state index in [0.717, 1.165) is 40.8 Å². The molecule has 0 saturated heterocycles.